The van der Waals surface area contributed by atoms with Crippen molar-refractivity contribution in [3.63, 3.8) is 0 Å². The van der Waals surface area contributed by atoms with Gasteiger partial charge in [-0.2, -0.15) is 5.10 Å². The molecule has 0 bridgehead atoms. The molecule has 0 unspecified atom stereocenters. The fourth-order valence-electron chi connectivity index (χ4n) is 3.33. The first-order valence-corrected chi connectivity index (χ1v) is 11.4. The van der Waals surface area contributed by atoms with E-state index in [0.29, 0.717) is 0 Å². The van der Waals surface area contributed by atoms with Gasteiger partial charge in [0.15, 0.2) is 5.82 Å². The predicted molar refractivity (Wildman–Crippen MR) is 128 cm³/mol. The van der Waals surface area contributed by atoms with Crippen molar-refractivity contribution in [1.29, 1.82) is 0 Å². The number of nitrogens with one attached hydrogen (secondary N) is 3. The van der Waals surface area contributed by atoms with E-state index in [4.69, 9.17) is 4.98 Å². The predicted octanol–water partition coefficient (Wildman–Crippen LogP) is 6.02. The Morgan fingerprint density at radius 3 is 2.47 bits per heavy atom. The number of aromatic nitrogens is 3. The number of nitrogens with zero attached hydrogens (tertiary/aromatic N) is 2. The molecule has 0 radical (unpaired) electrons. The van der Waals surface area contributed by atoms with Crippen molar-refractivity contribution in [3.8, 4) is 11.3 Å². The summed E-state index contributed by atoms with van der Waals surface area (Å²) in [6.45, 7) is 1.97. The normalized spacial score (nSPS) is 13.0. The first-order valence-electron chi connectivity index (χ1n) is 10.6. The zero-order valence-electron chi connectivity index (χ0n) is 17.6. The van der Waals surface area contributed by atoms with Crippen LogP contribution in [0.3, 0.4) is 0 Å². The van der Waals surface area contributed by atoms with Crippen LogP contribution in [-0.4, -0.2) is 21.1 Å². The molecule has 1 aliphatic rings. The van der Waals surface area contributed by atoms with Gasteiger partial charge in [-0.3, -0.25) is 9.89 Å². The first kappa shape index (κ1) is 20.3. The van der Waals surface area contributed by atoms with Crippen molar-refractivity contribution < 1.29 is 4.79 Å². The maximum atomic E-state index is 12.0. The molecule has 3 N–H and O–H groups in total. The van der Waals surface area contributed by atoms with Gasteiger partial charge in [-0.05, 0) is 56.2 Å². The van der Waals surface area contributed by atoms with E-state index >= 15 is 0 Å². The van der Waals surface area contributed by atoms with Crippen LogP contribution in [0, 0.1) is 12.8 Å². The highest BCUT2D eigenvalue weighted by atomic mass is 32.2. The Morgan fingerprint density at radius 1 is 1.00 bits per heavy atom. The average molecular weight is 442 g/mol. The van der Waals surface area contributed by atoms with Gasteiger partial charge in [-0.25, -0.2) is 4.98 Å². The van der Waals surface area contributed by atoms with E-state index in [1.54, 1.807) is 11.8 Å². The Labute approximate surface area is 190 Å². The van der Waals surface area contributed by atoms with Gasteiger partial charge in [0.2, 0.25) is 5.91 Å². The van der Waals surface area contributed by atoms with Gasteiger partial charge in [0.1, 0.15) is 5.03 Å². The van der Waals surface area contributed by atoms with Gasteiger partial charge in [0, 0.05) is 39.5 Å². The molecular weight excluding hydrogens is 418 g/mol. The van der Waals surface area contributed by atoms with Crippen LogP contribution in [0.2, 0.25) is 0 Å². The molecule has 1 amide bonds. The van der Waals surface area contributed by atoms with Crippen molar-refractivity contribution in [2.45, 2.75) is 29.7 Å². The third-order valence-electron chi connectivity index (χ3n) is 5.14. The molecule has 2 heterocycles. The van der Waals surface area contributed by atoms with Crippen LogP contribution in [0.25, 0.3) is 11.3 Å². The molecule has 6 nitrogen and oxygen atoms in total. The molecule has 160 valence electrons. The van der Waals surface area contributed by atoms with Crippen molar-refractivity contribution in [2.24, 2.45) is 5.92 Å². The summed E-state index contributed by atoms with van der Waals surface area (Å²) in [4.78, 5) is 17.9. The van der Waals surface area contributed by atoms with Gasteiger partial charge in [-0.1, -0.05) is 42.1 Å². The Balaban J connectivity index is 1.39. The number of hydrogen-bond acceptors (Lipinski definition) is 5. The number of benzene rings is 2. The van der Waals surface area contributed by atoms with Crippen LogP contribution in [-0.2, 0) is 4.79 Å². The number of carbonyl (C=O) groups is 1. The Morgan fingerprint density at radius 2 is 1.78 bits per heavy atom. The number of aryl methyl sites for hydroxylation is 1. The standard InChI is InChI=1S/C25H23N5OS/c1-16-13-23(30-29-16)26-20-14-22(17-5-3-2-4-6-17)28-24(15-20)32-21-11-9-19(10-12-21)27-25(31)18-7-8-18/h2-6,9-15,18H,7-8H2,1H3,(H,27,31)(H2,26,28,29,30). The van der Waals surface area contributed by atoms with E-state index in [-0.39, 0.29) is 11.8 Å². The first-order chi connectivity index (χ1) is 15.6. The van der Waals surface area contributed by atoms with Gasteiger partial charge in [0.25, 0.3) is 0 Å². The topological polar surface area (TPSA) is 82.7 Å². The van der Waals surface area contributed by atoms with Gasteiger partial charge >= 0.3 is 0 Å². The highest BCUT2D eigenvalue weighted by Crippen LogP contribution is 2.33. The molecule has 5 rings (SSSR count). The van der Waals surface area contributed by atoms with Crippen LogP contribution >= 0.6 is 11.8 Å². The van der Waals surface area contributed by atoms with Crippen LogP contribution in [0.5, 0.6) is 0 Å². The molecule has 7 heteroatoms. The Bertz CT molecular complexity index is 1230. The number of H-pyrrole nitrogens is 1. The van der Waals surface area contributed by atoms with E-state index in [0.717, 1.165) is 56.9 Å². The second kappa shape index (κ2) is 8.88. The number of carbonyl (C=O) groups excluding carboxylic acids is 1. The minimum absolute atomic E-state index is 0.118. The van der Waals surface area contributed by atoms with E-state index in [1.165, 1.54) is 0 Å². The number of amides is 1. The van der Waals surface area contributed by atoms with Gasteiger partial charge in [-0.15, -0.1) is 0 Å². The maximum Gasteiger partial charge on any atom is 0.227 e. The molecule has 0 atom stereocenters. The SMILES string of the molecule is Cc1cc(Nc2cc(Sc3ccc(NC(=O)C4CC4)cc3)nc(-c3ccccc3)c2)n[nH]1. The summed E-state index contributed by atoms with van der Waals surface area (Å²) in [5, 5.41) is 14.5. The number of anilines is 3. The summed E-state index contributed by atoms with van der Waals surface area (Å²) in [6.07, 6.45) is 1.99. The van der Waals surface area contributed by atoms with E-state index in [9.17, 15) is 4.79 Å². The molecule has 32 heavy (non-hydrogen) atoms. The largest absolute Gasteiger partial charge is 0.339 e. The third-order valence-corrected chi connectivity index (χ3v) is 6.07. The lowest BCUT2D eigenvalue weighted by Crippen LogP contribution is -2.12. The minimum atomic E-state index is 0.118. The van der Waals surface area contributed by atoms with Gasteiger partial charge in [0.05, 0.1) is 5.69 Å². The molecule has 0 spiro atoms. The van der Waals surface area contributed by atoms with Crippen molar-refractivity contribution >= 4 is 34.9 Å². The highest BCUT2D eigenvalue weighted by Gasteiger charge is 2.29. The minimum Gasteiger partial charge on any atom is -0.339 e. The van der Waals surface area contributed by atoms with Gasteiger partial charge < -0.3 is 10.6 Å². The zero-order valence-corrected chi connectivity index (χ0v) is 18.4. The van der Waals surface area contributed by atoms with Crippen LogP contribution in [0.1, 0.15) is 18.5 Å². The van der Waals surface area contributed by atoms with E-state index < -0.39 is 0 Å². The Hall–Kier alpha value is -3.58. The lowest BCUT2D eigenvalue weighted by Gasteiger charge is -2.10. The number of aromatic amines is 1. The molecule has 2 aromatic carbocycles. The second-order valence-corrected chi connectivity index (χ2v) is 8.99. The van der Waals surface area contributed by atoms with Crippen LogP contribution in [0.4, 0.5) is 17.2 Å². The highest BCUT2D eigenvalue weighted by molar-refractivity contribution is 7.99. The number of pyridine rings is 1. The third kappa shape index (κ3) is 5.00. The molecule has 1 aliphatic carbocycles. The molecule has 1 fully saturated rings. The lowest BCUT2D eigenvalue weighted by molar-refractivity contribution is -0.117. The van der Waals surface area contributed by atoms with Crippen LogP contribution < -0.4 is 10.6 Å². The summed E-state index contributed by atoms with van der Waals surface area (Å²) < 4.78 is 0. The second-order valence-electron chi connectivity index (χ2n) is 7.90. The fourth-order valence-corrected chi connectivity index (χ4v) is 4.18. The summed E-state index contributed by atoms with van der Waals surface area (Å²) in [5.74, 6) is 1.07. The van der Waals surface area contributed by atoms with Crippen molar-refractivity contribution in [2.75, 3.05) is 10.6 Å². The zero-order chi connectivity index (χ0) is 21.9. The molecule has 1 saturated carbocycles. The summed E-state index contributed by atoms with van der Waals surface area (Å²) in [5.41, 5.74) is 4.68. The maximum absolute atomic E-state index is 12.0. The number of hydrogen-bond donors (Lipinski definition) is 3. The Kier molecular flexibility index (Phi) is 5.64. The summed E-state index contributed by atoms with van der Waals surface area (Å²) in [6, 6.07) is 24.0. The summed E-state index contributed by atoms with van der Waals surface area (Å²) in [7, 11) is 0. The number of rotatable bonds is 7. The molecule has 2 aromatic heterocycles. The van der Waals surface area contributed by atoms with E-state index in [2.05, 4.69) is 33.0 Å². The fraction of sp³-hybridized carbons (Fsp3) is 0.160. The summed E-state index contributed by atoms with van der Waals surface area (Å²) >= 11 is 1.58. The van der Waals surface area contributed by atoms with Crippen molar-refractivity contribution in [1.82, 2.24) is 15.2 Å². The smallest absolute Gasteiger partial charge is 0.227 e. The molecule has 0 saturated heterocycles. The lowest BCUT2D eigenvalue weighted by atomic mass is 10.1. The quantitative estimate of drug-likeness (QED) is 0.326. The average Bonchev–Trinajstić information content (AvgIpc) is 3.58. The molecular formula is C25H23N5OS. The van der Waals surface area contributed by atoms with E-state index in [1.807, 2.05) is 67.6 Å². The molecule has 4 aromatic rings. The monoisotopic (exact) mass is 441 g/mol. The van der Waals surface area contributed by atoms with Crippen LogP contribution in [0.15, 0.2) is 82.7 Å². The molecule has 0 aliphatic heterocycles. The van der Waals surface area contributed by atoms with Crippen molar-refractivity contribution in [3.05, 3.63) is 78.5 Å².